The molecule has 2 aliphatic rings. The van der Waals surface area contributed by atoms with Crippen molar-refractivity contribution in [3.05, 3.63) is 59.7 Å². The molecule has 0 aliphatic heterocycles. The maximum atomic E-state index is 12.2. The van der Waals surface area contributed by atoms with E-state index in [4.69, 9.17) is 4.74 Å². The van der Waals surface area contributed by atoms with Gasteiger partial charge in [0.15, 0.2) is 5.78 Å². The number of Topliss-reactive ketones (excluding diaryl/α,β-unsaturated/α-hetero) is 1. The number of hydrogen-bond donors (Lipinski definition) is 1. The Morgan fingerprint density at radius 3 is 2.28 bits per heavy atom. The van der Waals surface area contributed by atoms with E-state index < -0.39 is 6.09 Å². The molecule has 128 valence electrons. The van der Waals surface area contributed by atoms with Crippen LogP contribution in [0.3, 0.4) is 0 Å². The first-order valence-corrected chi connectivity index (χ1v) is 8.88. The fraction of sp³-hybridized carbons (Fsp3) is 0.333. The third-order valence-electron chi connectivity index (χ3n) is 5.19. The summed E-state index contributed by atoms with van der Waals surface area (Å²) in [5, 5.41) is 2.73. The van der Waals surface area contributed by atoms with Gasteiger partial charge in [-0.05, 0) is 35.1 Å². The minimum absolute atomic E-state index is 0.0419. The van der Waals surface area contributed by atoms with Crippen LogP contribution in [0.5, 0.6) is 0 Å². The van der Waals surface area contributed by atoms with Gasteiger partial charge in [-0.25, -0.2) is 4.79 Å². The van der Waals surface area contributed by atoms with E-state index in [1.165, 1.54) is 22.3 Å². The molecule has 2 aliphatic carbocycles. The van der Waals surface area contributed by atoms with Crippen LogP contribution in [0, 0.1) is 0 Å². The van der Waals surface area contributed by atoms with Crippen LogP contribution in [0.4, 0.5) is 4.79 Å². The lowest BCUT2D eigenvalue weighted by Gasteiger charge is -2.22. The fourth-order valence-electron chi connectivity index (χ4n) is 3.92. The molecule has 1 N–H and O–H groups in total. The van der Waals surface area contributed by atoms with E-state index in [-0.39, 0.29) is 24.3 Å². The van der Waals surface area contributed by atoms with Crippen LogP contribution in [0.15, 0.2) is 48.5 Å². The molecule has 4 heteroatoms. The number of ether oxygens (including phenoxy) is 1. The highest BCUT2D eigenvalue weighted by molar-refractivity contribution is 5.88. The Bertz CT molecular complexity index is 769. The molecule has 2 aromatic rings. The molecule has 2 aromatic carbocycles. The van der Waals surface area contributed by atoms with E-state index in [1.54, 1.807) is 0 Å². The molecule has 4 nitrogen and oxygen atoms in total. The van der Waals surface area contributed by atoms with E-state index in [0.29, 0.717) is 12.8 Å². The number of nitrogens with one attached hydrogen (secondary N) is 1. The third-order valence-corrected chi connectivity index (χ3v) is 5.19. The lowest BCUT2D eigenvalue weighted by atomic mass is 9.94. The van der Waals surface area contributed by atoms with E-state index in [2.05, 4.69) is 29.6 Å². The van der Waals surface area contributed by atoms with E-state index >= 15 is 0 Å². The highest BCUT2D eigenvalue weighted by Gasteiger charge is 2.30. The Balaban J connectivity index is 1.46. The lowest BCUT2D eigenvalue weighted by Crippen LogP contribution is -2.43. The van der Waals surface area contributed by atoms with Crippen LogP contribution in [0.25, 0.3) is 11.1 Å². The highest BCUT2D eigenvalue weighted by atomic mass is 16.5. The first kappa shape index (κ1) is 15.9. The molecule has 25 heavy (non-hydrogen) atoms. The third kappa shape index (κ3) is 3.04. The standard InChI is InChI=1S/C21H21NO3/c23-20-12-6-5-11-19(20)22-21(24)25-13-18-16-9-3-1-7-14(16)15-8-2-4-10-17(15)18/h1-4,7-10,18-19H,5-6,11-13H2,(H,22,24). The monoisotopic (exact) mass is 335 g/mol. The van der Waals surface area contributed by atoms with Crippen molar-refractivity contribution in [3.63, 3.8) is 0 Å². The van der Waals surface area contributed by atoms with Gasteiger partial charge in [-0.2, -0.15) is 0 Å². The molecule has 1 saturated carbocycles. The van der Waals surface area contributed by atoms with Crippen LogP contribution in [0.1, 0.15) is 42.7 Å². The second-order valence-corrected chi connectivity index (χ2v) is 6.73. The summed E-state index contributed by atoms with van der Waals surface area (Å²) < 4.78 is 5.49. The molecule has 0 spiro atoms. The quantitative estimate of drug-likeness (QED) is 0.921. The maximum absolute atomic E-state index is 12.2. The summed E-state index contributed by atoms with van der Waals surface area (Å²) in [6.45, 7) is 0.279. The molecule has 0 radical (unpaired) electrons. The van der Waals surface area contributed by atoms with Crippen molar-refractivity contribution in [2.45, 2.75) is 37.6 Å². The number of benzene rings is 2. The number of amides is 1. The molecular formula is C21H21NO3. The van der Waals surface area contributed by atoms with Crippen molar-refractivity contribution in [1.29, 1.82) is 0 Å². The van der Waals surface area contributed by atoms with Gasteiger partial charge in [0, 0.05) is 12.3 Å². The number of hydrogen-bond acceptors (Lipinski definition) is 3. The summed E-state index contributed by atoms with van der Waals surface area (Å²) in [6, 6.07) is 16.1. The number of rotatable bonds is 3. The summed E-state index contributed by atoms with van der Waals surface area (Å²) >= 11 is 0. The minimum Gasteiger partial charge on any atom is -0.449 e. The molecule has 1 fully saturated rings. The number of carbonyl (C=O) groups excluding carboxylic acids is 2. The largest absolute Gasteiger partial charge is 0.449 e. The average molecular weight is 335 g/mol. The Kier molecular flexibility index (Phi) is 4.26. The maximum Gasteiger partial charge on any atom is 0.407 e. The summed E-state index contributed by atoms with van der Waals surface area (Å²) in [7, 11) is 0. The normalized spacial score (nSPS) is 19.2. The Morgan fingerprint density at radius 1 is 1.00 bits per heavy atom. The predicted octanol–water partition coefficient (Wildman–Crippen LogP) is 4.04. The molecule has 0 bridgehead atoms. The zero-order valence-electron chi connectivity index (χ0n) is 14.0. The van der Waals surface area contributed by atoms with Gasteiger partial charge in [-0.1, -0.05) is 55.0 Å². The molecule has 1 atom stereocenters. The van der Waals surface area contributed by atoms with Gasteiger partial charge in [-0.15, -0.1) is 0 Å². The Morgan fingerprint density at radius 2 is 1.64 bits per heavy atom. The van der Waals surface area contributed by atoms with Crippen LogP contribution in [-0.2, 0) is 9.53 Å². The highest BCUT2D eigenvalue weighted by Crippen LogP contribution is 2.44. The SMILES string of the molecule is O=C(NC1CCCCC1=O)OCC1c2ccccc2-c2ccccc21. The molecule has 0 aromatic heterocycles. The molecule has 0 heterocycles. The first-order valence-electron chi connectivity index (χ1n) is 8.88. The van der Waals surface area contributed by atoms with Gasteiger partial charge >= 0.3 is 6.09 Å². The average Bonchev–Trinajstić information content (AvgIpc) is 2.96. The number of alkyl carbamates (subject to hydrolysis) is 1. The van der Waals surface area contributed by atoms with Gasteiger partial charge < -0.3 is 10.1 Å². The zero-order chi connectivity index (χ0) is 17.2. The van der Waals surface area contributed by atoms with Crippen LogP contribution in [-0.4, -0.2) is 24.5 Å². The number of carbonyl (C=O) groups is 2. The fourth-order valence-corrected chi connectivity index (χ4v) is 3.92. The molecular weight excluding hydrogens is 314 g/mol. The van der Waals surface area contributed by atoms with E-state index in [9.17, 15) is 9.59 Å². The van der Waals surface area contributed by atoms with E-state index in [0.717, 1.165) is 12.8 Å². The molecule has 4 rings (SSSR count). The minimum atomic E-state index is -0.498. The van der Waals surface area contributed by atoms with Gasteiger partial charge in [0.05, 0.1) is 6.04 Å². The summed E-state index contributed by atoms with van der Waals surface area (Å²) in [6.07, 6.45) is 2.65. The number of ketones is 1. The molecule has 1 amide bonds. The number of fused-ring (bicyclic) bond motifs is 3. The Hall–Kier alpha value is -2.62. The van der Waals surface area contributed by atoms with Crippen molar-refractivity contribution < 1.29 is 14.3 Å². The smallest absolute Gasteiger partial charge is 0.407 e. The second-order valence-electron chi connectivity index (χ2n) is 6.73. The lowest BCUT2D eigenvalue weighted by molar-refractivity contribution is -0.122. The first-order chi connectivity index (χ1) is 12.2. The van der Waals surface area contributed by atoms with Crippen molar-refractivity contribution in [2.75, 3.05) is 6.61 Å². The van der Waals surface area contributed by atoms with Crippen molar-refractivity contribution in [1.82, 2.24) is 5.32 Å². The van der Waals surface area contributed by atoms with Crippen LogP contribution in [0.2, 0.25) is 0 Å². The van der Waals surface area contributed by atoms with Crippen LogP contribution < -0.4 is 5.32 Å². The summed E-state index contributed by atoms with van der Waals surface area (Å²) in [5.41, 5.74) is 4.78. The zero-order valence-corrected chi connectivity index (χ0v) is 14.0. The Labute approximate surface area is 147 Å². The van der Waals surface area contributed by atoms with E-state index in [1.807, 2.05) is 24.3 Å². The second kappa shape index (κ2) is 6.71. The van der Waals surface area contributed by atoms with Crippen molar-refractivity contribution in [3.8, 4) is 11.1 Å². The van der Waals surface area contributed by atoms with Crippen molar-refractivity contribution >= 4 is 11.9 Å². The van der Waals surface area contributed by atoms with Crippen LogP contribution >= 0.6 is 0 Å². The topological polar surface area (TPSA) is 55.4 Å². The summed E-state index contributed by atoms with van der Waals surface area (Å²) in [4.78, 5) is 24.0. The van der Waals surface area contributed by atoms with Gasteiger partial charge in [0.2, 0.25) is 0 Å². The van der Waals surface area contributed by atoms with Gasteiger partial charge in [-0.3, -0.25) is 4.79 Å². The predicted molar refractivity (Wildman–Crippen MR) is 95.5 cm³/mol. The van der Waals surface area contributed by atoms with Gasteiger partial charge in [0.1, 0.15) is 6.61 Å². The molecule has 0 saturated heterocycles. The molecule has 1 unspecified atom stereocenters. The van der Waals surface area contributed by atoms with Gasteiger partial charge in [0.25, 0.3) is 0 Å². The summed E-state index contributed by atoms with van der Waals surface area (Å²) in [5.74, 6) is 0.153. The van der Waals surface area contributed by atoms with Crippen molar-refractivity contribution in [2.24, 2.45) is 0 Å².